The zero-order valence-electron chi connectivity index (χ0n) is 11.8. The summed E-state index contributed by atoms with van der Waals surface area (Å²) in [4.78, 5) is 2.54. The van der Waals surface area contributed by atoms with Crippen LogP contribution in [-0.4, -0.2) is 12.6 Å². The van der Waals surface area contributed by atoms with Crippen molar-refractivity contribution in [1.29, 1.82) is 0 Å². The molecule has 19 heavy (non-hydrogen) atoms. The topological polar surface area (TPSA) is 3.24 Å². The minimum absolute atomic E-state index is 0.549. The summed E-state index contributed by atoms with van der Waals surface area (Å²) in [6.07, 6.45) is 5.27. The van der Waals surface area contributed by atoms with Gasteiger partial charge in [0, 0.05) is 29.2 Å². The molecule has 0 atom stereocenters. The van der Waals surface area contributed by atoms with E-state index < -0.39 is 0 Å². The van der Waals surface area contributed by atoms with Crippen molar-refractivity contribution in [3.63, 3.8) is 0 Å². The number of alkyl halides is 1. The van der Waals surface area contributed by atoms with Gasteiger partial charge in [0.15, 0.2) is 0 Å². The Labute approximate surface area is 126 Å². The van der Waals surface area contributed by atoms with E-state index in [1.807, 2.05) is 6.07 Å². The summed E-state index contributed by atoms with van der Waals surface area (Å²) in [5.74, 6) is 1.19. The van der Waals surface area contributed by atoms with Gasteiger partial charge in [-0.1, -0.05) is 44.4 Å². The molecule has 0 saturated heterocycles. The van der Waals surface area contributed by atoms with Crippen LogP contribution in [-0.2, 0) is 5.88 Å². The second-order valence-corrected chi connectivity index (χ2v) is 6.59. The Balaban J connectivity index is 2.32. The van der Waals surface area contributed by atoms with Crippen molar-refractivity contribution in [2.45, 2.75) is 51.5 Å². The van der Waals surface area contributed by atoms with E-state index in [2.05, 4.69) is 30.9 Å². The van der Waals surface area contributed by atoms with Crippen LogP contribution in [0.1, 0.15) is 45.1 Å². The lowest BCUT2D eigenvalue weighted by atomic mass is 10.1. The first-order valence-corrected chi connectivity index (χ1v) is 8.14. The lowest BCUT2D eigenvalue weighted by molar-refractivity contribution is 0.535. The van der Waals surface area contributed by atoms with E-state index >= 15 is 0 Å². The Morgan fingerprint density at radius 2 is 1.95 bits per heavy atom. The van der Waals surface area contributed by atoms with Crippen molar-refractivity contribution >= 4 is 28.9 Å². The van der Waals surface area contributed by atoms with E-state index in [0.717, 1.165) is 11.6 Å². The highest BCUT2D eigenvalue weighted by Gasteiger charge is 2.25. The minimum atomic E-state index is 0.549. The van der Waals surface area contributed by atoms with Gasteiger partial charge in [0.1, 0.15) is 0 Å². The average molecular weight is 300 g/mol. The first-order valence-electron chi connectivity index (χ1n) is 7.23. The summed E-state index contributed by atoms with van der Waals surface area (Å²) in [5.41, 5.74) is 2.43. The van der Waals surface area contributed by atoms with E-state index in [1.54, 1.807) is 0 Å². The molecule has 3 heteroatoms. The van der Waals surface area contributed by atoms with Crippen molar-refractivity contribution in [2.24, 2.45) is 5.92 Å². The van der Waals surface area contributed by atoms with Crippen LogP contribution in [0.2, 0.25) is 5.02 Å². The largest absolute Gasteiger partial charge is 0.368 e. The van der Waals surface area contributed by atoms with Crippen LogP contribution in [0.3, 0.4) is 0 Å². The summed E-state index contributed by atoms with van der Waals surface area (Å²) in [7, 11) is 0. The highest BCUT2D eigenvalue weighted by atomic mass is 35.5. The van der Waals surface area contributed by atoms with Crippen LogP contribution < -0.4 is 4.90 Å². The number of anilines is 1. The summed E-state index contributed by atoms with van der Waals surface area (Å²) < 4.78 is 0. The SMILES string of the molecule is CC(C)CN(c1cc(Cl)ccc1CCl)C1CCCC1. The molecule has 1 aliphatic rings. The molecule has 0 heterocycles. The third-order valence-electron chi connectivity index (χ3n) is 3.83. The fourth-order valence-electron chi connectivity index (χ4n) is 2.97. The number of hydrogen-bond acceptors (Lipinski definition) is 1. The van der Waals surface area contributed by atoms with E-state index in [4.69, 9.17) is 23.2 Å². The van der Waals surface area contributed by atoms with Crippen molar-refractivity contribution in [1.82, 2.24) is 0 Å². The lowest BCUT2D eigenvalue weighted by Gasteiger charge is -2.34. The van der Waals surface area contributed by atoms with Crippen molar-refractivity contribution in [3.8, 4) is 0 Å². The maximum absolute atomic E-state index is 6.19. The van der Waals surface area contributed by atoms with Crippen molar-refractivity contribution in [2.75, 3.05) is 11.4 Å². The number of benzene rings is 1. The van der Waals surface area contributed by atoms with Gasteiger partial charge in [-0.3, -0.25) is 0 Å². The molecule has 1 fully saturated rings. The molecule has 1 aliphatic carbocycles. The van der Waals surface area contributed by atoms with E-state index in [-0.39, 0.29) is 0 Å². The fraction of sp³-hybridized carbons (Fsp3) is 0.625. The zero-order valence-corrected chi connectivity index (χ0v) is 13.3. The van der Waals surface area contributed by atoms with Gasteiger partial charge in [-0.15, -0.1) is 11.6 Å². The maximum atomic E-state index is 6.19. The summed E-state index contributed by atoms with van der Waals surface area (Å²) in [5, 5.41) is 0.801. The molecule has 0 unspecified atom stereocenters. The van der Waals surface area contributed by atoms with Crippen LogP contribution in [0.15, 0.2) is 18.2 Å². The predicted molar refractivity (Wildman–Crippen MR) is 85.4 cm³/mol. The van der Waals surface area contributed by atoms with Gasteiger partial charge in [0.25, 0.3) is 0 Å². The molecule has 1 aromatic carbocycles. The molecule has 0 amide bonds. The summed E-state index contributed by atoms with van der Waals surface area (Å²) in [6.45, 7) is 5.62. The quantitative estimate of drug-likeness (QED) is 0.650. The van der Waals surface area contributed by atoms with Gasteiger partial charge in [-0.05, 0) is 36.5 Å². The van der Waals surface area contributed by atoms with Gasteiger partial charge in [-0.2, -0.15) is 0 Å². The smallest absolute Gasteiger partial charge is 0.0494 e. The summed E-state index contributed by atoms with van der Waals surface area (Å²) >= 11 is 12.3. The zero-order chi connectivity index (χ0) is 13.8. The van der Waals surface area contributed by atoms with Gasteiger partial charge < -0.3 is 4.90 Å². The van der Waals surface area contributed by atoms with E-state index in [9.17, 15) is 0 Å². The van der Waals surface area contributed by atoms with E-state index in [0.29, 0.717) is 17.8 Å². The van der Waals surface area contributed by atoms with Crippen molar-refractivity contribution < 1.29 is 0 Å². The molecule has 0 aromatic heterocycles. The Morgan fingerprint density at radius 3 is 2.53 bits per heavy atom. The van der Waals surface area contributed by atoms with Crippen LogP contribution in [0, 0.1) is 5.92 Å². The minimum Gasteiger partial charge on any atom is -0.368 e. The molecule has 106 valence electrons. The maximum Gasteiger partial charge on any atom is 0.0494 e. The molecule has 1 nitrogen and oxygen atoms in total. The molecule has 0 N–H and O–H groups in total. The average Bonchev–Trinajstić information content (AvgIpc) is 2.89. The van der Waals surface area contributed by atoms with E-state index in [1.165, 1.54) is 36.9 Å². The lowest BCUT2D eigenvalue weighted by Crippen LogP contribution is -2.36. The Kier molecular flexibility index (Phi) is 5.41. The Morgan fingerprint density at radius 1 is 1.26 bits per heavy atom. The molecular weight excluding hydrogens is 277 g/mol. The first-order chi connectivity index (χ1) is 9.11. The molecule has 0 spiro atoms. The van der Waals surface area contributed by atoms with Gasteiger partial charge in [-0.25, -0.2) is 0 Å². The highest BCUT2D eigenvalue weighted by Crippen LogP contribution is 2.33. The van der Waals surface area contributed by atoms with Gasteiger partial charge in [0.05, 0.1) is 0 Å². The van der Waals surface area contributed by atoms with Crippen molar-refractivity contribution in [3.05, 3.63) is 28.8 Å². The van der Waals surface area contributed by atoms with Crippen LogP contribution in [0.5, 0.6) is 0 Å². The monoisotopic (exact) mass is 299 g/mol. The molecule has 1 saturated carbocycles. The number of nitrogens with zero attached hydrogens (tertiary/aromatic N) is 1. The van der Waals surface area contributed by atoms with Gasteiger partial charge >= 0.3 is 0 Å². The predicted octanol–water partition coefficient (Wildman–Crippen LogP) is 5.48. The molecule has 0 radical (unpaired) electrons. The normalized spacial score (nSPS) is 16.3. The fourth-order valence-corrected chi connectivity index (χ4v) is 3.36. The number of hydrogen-bond donors (Lipinski definition) is 0. The number of rotatable bonds is 5. The standard InChI is InChI=1S/C16H23Cl2N/c1-12(2)11-19(15-5-3-4-6-15)16-9-14(18)8-7-13(16)10-17/h7-9,12,15H,3-6,10-11H2,1-2H3. The second kappa shape index (κ2) is 6.85. The van der Waals surface area contributed by atoms with Crippen LogP contribution in [0.4, 0.5) is 5.69 Å². The molecule has 0 aliphatic heterocycles. The molecule has 2 rings (SSSR count). The number of halogens is 2. The Bertz CT molecular complexity index is 411. The van der Waals surface area contributed by atoms with Crippen LogP contribution >= 0.6 is 23.2 Å². The molecular formula is C16H23Cl2N. The van der Waals surface area contributed by atoms with Crippen LogP contribution in [0.25, 0.3) is 0 Å². The highest BCUT2D eigenvalue weighted by molar-refractivity contribution is 6.31. The van der Waals surface area contributed by atoms with Gasteiger partial charge in [0.2, 0.25) is 0 Å². The third kappa shape index (κ3) is 3.79. The first kappa shape index (κ1) is 15.0. The molecule has 1 aromatic rings. The Hall–Kier alpha value is -0.400. The second-order valence-electron chi connectivity index (χ2n) is 5.89. The molecule has 0 bridgehead atoms. The summed E-state index contributed by atoms with van der Waals surface area (Å²) in [6, 6.07) is 6.74. The third-order valence-corrected chi connectivity index (χ3v) is 4.35.